The van der Waals surface area contributed by atoms with Gasteiger partial charge in [0, 0.05) is 31.5 Å². The van der Waals surface area contributed by atoms with E-state index in [1.807, 2.05) is 0 Å². The summed E-state index contributed by atoms with van der Waals surface area (Å²) in [6, 6.07) is 2.58. The van der Waals surface area contributed by atoms with Crippen LogP contribution in [0.15, 0.2) is 23.8 Å². The van der Waals surface area contributed by atoms with Gasteiger partial charge in [-0.3, -0.25) is 4.79 Å². The highest BCUT2D eigenvalue weighted by Crippen LogP contribution is 2.67. The highest BCUT2D eigenvalue weighted by Gasteiger charge is 2.59. The first-order chi connectivity index (χ1) is 22.4. The van der Waals surface area contributed by atoms with E-state index in [0.717, 1.165) is 72.3 Å². The van der Waals surface area contributed by atoms with Gasteiger partial charge in [-0.05, 0) is 104 Å². The summed E-state index contributed by atoms with van der Waals surface area (Å²) in [5, 5.41) is 22.1. The Morgan fingerprint density at radius 2 is 1.72 bits per heavy atom. The van der Waals surface area contributed by atoms with E-state index >= 15 is 0 Å². The Morgan fingerprint density at radius 3 is 2.47 bits per heavy atom. The minimum atomic E-state index is -0.336. The number of nitrogens with one attached hydrogen (secondary N) is 1. The van der Waals surface area contributed by atoms with Crippen molar-refractivity contribution < 1.29 is 29.4 Å². The smallest absolute Gasteiger partial charge is 0.407 e. The van der Waals surface area contributed by atoms with Crippen LogP contribution in [0.5, 0.6) is 11.8 Å². The predicted octanol–water partition coefficient (Wildman–Crippen LogP) is 8.59. The molecular weight excluding hydrogens is 592 g/mol. The lowest BCUT2D eigenvalue weighted by molar-refractivity contribution is -0.124. The molecule has 8 nitrogen and oxygen atoms in total. The van der Waals surface area contributed by atoms with E-state index in [1.54, 1.807) is 5.57 Å². The number of carbonyl (C=O) groups excluding carboxylic acids is 2. The minimum Gasteiger partial charge on any atom is -0.492 e. The topological polar surface area (TPSA) is 110 Å². The second-order valence-electron chi connectivity index (χ2n) is 16.5. The summed E-state index contributed by atoms with van der Waals surface area (Å²) < 4.78 is 6.75. The molecule has 3 unspecified atom stereocenters. The number of ketones is 1. The Morgan fingerprint density at radius 1 is 0.957 bits per heavy atom. The highest BCUT2D eigenvalue weighted by atomic mass is 16.7. The largest absolute Gasteiger partial charge is 0.492 e. The van der Waals surface area contributed by atoms with Gasteiger partial charge in [0.05, 0.1) is 0 Å². The van der Waals surface area contributed by atoms with Crippen LogP contribution < -0.4 is 10.2 Å². The van der Waals surface area contributed by atoms with Gasteiger partial charge in [0.1, 0.15) is 6.10 Å². The average molecular weight is 655 g/mol. The Kier molecular flexibility index (Phi) is 11.6. The highest BCUT2D eigenvalue weighted by molar-refractivity contribution is 5.79. The second-order valence-corrected chi connectivity index (χ2v) is 16.5. The lowest BCUT2D eigenvalue weighted by Crippen LogP contribution is -2.51. The van der Waals surface area contributed by atoms with Gasteiger partial charge in [0.2, 0.25) is 11.8 Å². The van der Waals surface area contributed by atoms with Gasteiger partial charge in [-0.25, -0.2) is 4.79 Å². The molecule has 3 saturated carbocycles. The number of rotatable bonds is 15. The van der Waals surface area contributed by atoms with Crippen LogP contribution in [0.2, 0.25) is 0 Å². The number of hydrogen-bond donors (Lipinski definition) is 3. The van der Waals surface area contributed by atoms with Crippen LogP contribution in [0.25, 0.3) is 0 Å². The number of amides is 1. The molecule has 0 spiro atoms. The van der Waals surface area contributed by atoms with Crippen molar-refractivity contribution in [2.75, 3.05) is 13.2 Å². The fourth-order valence-corrected chi connectivity index (χ4v) is 10.5. The maximum absolute atomic E-state index is 12.7. The molecule has 0 saturated heterocycles. The van der Waals surface area contributed by atoms with E-state index in [9.17, 15) is 19.8 Å². The van der Waals surface area contributed by atoms with E-state index in [2.05, 4.69) is 46.0 Å². The van der Waals surface area contributed by atoms with E-state index in [4.69, 9.17) is 9.57 Å². The van der Waals surface area contributed by atoms with Gasteiger partial charge in [-0.15, -0.1) is 4.73 Å². The third-order valence-electron chi connectivity index (χ3n) is 13.1. The van der Waals surface area contributed by atoms with Gasteiger partial charge in [-0.1, -0.05) is 72.0 Å². The molecule has 1 aromatic rings. The van der Waals surface area contributed by atoms with Crippen LogP contribution in [0.3, 0.4) is 0 Å². The summed E-state index contributed by atoms with van der Waals surface area (Å²) in [6.07, 6.45) is 18.6. The molecule has 3 N–H and O–H groups in total. The number of Topliss-reactive ketones (excluding diaryl/α,β-unsaturated/α-hetero) is 1. The van der Waals surface area contributed by atoms with E-state index in [-0.39, 0.29) is 41.8 Å². The van der Waals surface area contributed by atoms with Crippen molar-refractivity contribution in [1.82, 2.24) is 10.0 Å². The molecule has 8 heteroatoms. The van der Waals surface area contributed by atoms with E-state index < -0.39 is 0 Å². The zero-order valence-electron chi connectivity index (χ0n) is 29.8. The monoisotopic (exact) mass is 654 g/mol. The van der Waals surface area contributed by atoms with Crippen molar-refractivity contribution in [3.05, 3.63) is 23.8 Å². The maximum Gasteiger partial charge on any atom is 0.407 e. The number of hydrogen-bond acceptors (Lipinski definition) is 6. The summed E-state index contributed by atoms with van der Waals surface area (Å²) in [7, 11) is 0. The first-order valence-corrected chi connectivity index (χ1v) is 18.8. The SMILES string of the molecule is CC(C)CCC[C@@H](C)[C@H]1CCC2C3CC=C4C[C@@H](OC(=O)NCCCCCC(=O)COn5c(O)ccc5O)CC[C@]4(C)C3CC[C@@]21C. The van der Waals surface area contributed by atoms with Crippen LogP contribution in [-0.2, 0) is 9.53 Å². The first kappa shape index (κ1) is 35.7. The fourth-order valence-electron chi connectivity index (χ4n) is 10.5. The van der Waals surface area contributed by atoms with E-state index in [1.165, 1.54) is 63.5 Å². The number of allylic oxidation sites excluding steroid dienone is 1. The van der Waals surface area contributed by atoms with Gasteiger partial charge < -0.3 is 25.1 Å². The third kappa shape index (κ3) is 7.99. The zero-order chi connectivity index (χ0) is 33.8. The normalized spacial score (nSPS) is 32.1. The number of alkyl carbamates (subject to hydrolysis) is 1. The van der Waals surface area contributed by atoms with Crippen molar-refractivity contribution in [2.24, 2.45) is 46.3 Å². The van der Waals surface area contributed by atoms with Gasteiger partial charge >= 0.3 is 6.09 Å². The number of unbranched alkanes of at least 4 members (excludes halogenated alkanes) is 2. The molecule has 4 aliphatic rings. The lowest BCUT2D eigenvalue weighted by atomic mass is 9.47. The van der Waals surface area contributed by atoms with Gasteiger partial charge in [0.25, 0.3) is 0 Å². The summed E-state index contributed by atoms with van der Waals surface area (Å²) >= 11 is 0. The van der Waals surface area contributed by atoms with E-state index in [0.29, 0.717) is 24.8 Å². The molecular formula is C39H62N2O6. The molecule has 0 bridgehead atoms. The standard InChI is InChI=1S/C39H62N2O6/c1-26(2)10-9-11-27(3)32-15-16-33-31-14-13-28-24-30(19-21-38(28,4)34(31)20-22-39(32,33)5)47-37(45)40-23-8-6-7-12-29(42)25-46-41-35(43)17-18-36(41)44/h13,17-18,26-27,30-34,43-44H,6-12,14-16,19-25H2,1-5H3,(H,40,45)/t27-,30+,31?,32-,33?,34?,38+,39-/m1/s1. The molecule has 1 amide bonds. The van der Waals surface area contributed by atoms with Crippen molar-refractivity contribution in [3.63, 3.8) is 0 Å². The molecule has 5 rings (SSSR count). The summed E-state index contributed by atoms with van der Waals surface area (Å²) in [5.41, 5.74) is 2.28. The van der Waals surface area contributed by atoms with Crippen LogP contribution in [-0.4, -0.2) is 46.1 Å². The number of fused-ring (bicyclic) bond motifs is 5. The quantitative estimate of drug-likeness (QED) is 0.129. The van der Waals surface area contributed by atoms with Crippen molar-refractivity contribution in [3.8, 4) is 11.8 Å². The molecule has 0 radical (unpaired) electrons. The minimum absolute atomic E-state index is 0.0564. The fraction of sp³-hybridized carbons (Fsp3) is 0.795. The molecule has 0 aliphatic heterocycles. The Bertz CT molecular complexity index is 1240. The number of ether oxygens (including phenoxy) is 1. The number of aromatic hydroxyl groups is 2. The summed E-state index contributed by atoms with van der Waals surface area (Å²) in [6.45, 7) is 12.7. The van der Waals surface area contributed by atoms with Crippen LogP contribution in [0, 0.1) is 46.3 Å². The molecule has 1 heterocycles. The number of nitrogens with zero attached hydrogens (tertiary/aromatic N) is 1. The summed E-state index contributed by atoms with van der Waals surface area (Å²) in [4.78, 5) is 29.9. The number of carbonyl (C=O) groups is 2. The average Bonchev–Trinajstić information content (AvgIpc) is 3.55. The third-order valence-corrected chi connectivity index (χ3v) is 13.1. The predicted molar refractivity (Wildman–Crippen MR) is 184 cm³/mol. The Hall–Kier alpha value is -2.64. The maximum atomic E-state index is 12.7. The lowest BCUT2D eigenvalue weighted by Gasteiger charge is -2.58. The van der Waals surface area contributed by atoms with Crippen LogP contribution in [0.4, 0.5) is 4.79 Å². The zero-order valence-corrected chi connectivity index (χ0v) is 29.8. The van der Waals surface area contributed by atoms with Crippen LogP contribution in [0.1, 0.15) is 131 Å². The van der Waals surface area contributed by atoms with Crippen molar-refractivity contribution >= 4 is 11.9 Å². The molecule has 4 aliphatic carbocycles. The number of aromatic nitrogens is 1. The molecule has 47 heavy (non-hydrogen) atoms. The molecule has 0 aromatic carbocycles. The molecule has 264 valence electrons. The molecule has 1 aromatic heterocycles. The first-order valence-electron chi connectivity index (χ1n) is 18.8. The molecule has 3 fully saturated rings. The Labute approximate surface area is 283 Å². The Balaban J connectivity index is 1.02. The van der Waals surface area contributed by atoms with Gasteiger partial charge in [0.15, 0.2) is 12.4 Å². The van der Waals surface area contributed by atoms with Crippen molar-refractivity contribution in [1.29, 1.82) is 0 Å². The molecule has 8 atom stereocenters. The van der Waals surface area contributed by atoms with Crippen LogP contribution >= 0.6 is 0 Å². The second kappa shape index (κ2) is 15.3. The van der Waals surface area contributed by atoms with Gasteiger partial charge in [-0.2, -0.15) is 0 Å². The summed E-state index contributed by atoms with van der Waals surface area (Å²) in [5.74, 6) is 4.31. The van der Waals surface area contributed by atoms with Crippen molar-refractivity contribution in [2.45, 2.75) is 137 Å².